The SMILES string of the molecule is C=CC(=O)Oc1ccc(C(=O)Oc2ccc3c(c2)C(C)c2cc(OCCOC(=O)C(=C)CO)ccc2-3)cc1. The maximum Gasteiger partial charge on any atom is 0.343 e. The molecule has 1 aliphatic carbocycles. The Morgan fingerprint density at radius 3 is 2.11 bits per heavy atom. The number of hydrogen-bond donors (Lipinski definition) is 1. The van der Waals surface area contributed by atoms with E-state index >= 15 is 0 Å². The second kappa shape index (κ2) is 11.6. The standard InChI is InChI=1S/C30H26O8/c1-4-28(32)37-21-7-5-20(6-8-21)30(34)38-23-10-12-25-24-11-9-22(15-26(24)19(3)27(25)16-23)35-13-14-36-29(33)18(2)17-31/h4-12,15-16,19,31H,1-2,13-14,17H2,3H3. The summed E-state index contributed by atoms with van der Waals surface area (Å²) in [6, 6.07) is 17.3. The van der Waals surface area contributed by atoms with Crippen molar-refractivity contribution in [3.8, 4) is 28.4 Å². The Balaban J connectivity index is 1.39. The van der Waals surface area contributed by atoms with Crippen molar-refractivity contribution < 1.29 is 38.4 Å². The summed E-state index contributed by atoms with van der Waals surface area (Å²) >= 11 is 0. The molecule has 0 saturated carbocycles. The number of aliphatic hydroxyl groups is 1. The number of carbonyl (C=O) groups is 3. The Hall–Kier alpha value is -4.69. The summed E-state index contributed by atoms with van der Waals surface area (Å²) in [7, 11) is 0. The van der Waals surface area contributed by atoms with Gasteiger partial charge in [0.2, 0.25) is 0 Å². The number of aliphatic hydroxyl groups excluding tert-OH is 1. The van der Waals surface area contributed by atoms with Crippen molar-refractivity contribution in [3.05, 3.63) is 102 Å². The second-order valence-corrected chi connectivity index (χ2v) is 8.50. The van der Waals surface area contributed by atoms with E-state index in [9.17, 15) is 14.4 Å². The predicted octanol–water partition coefficient (Wildman–Crippen LogP) is 4.60. The van der Waals surface area contributed by atoms with Crippen LogP contribution in [0.15, 0.2) is 85.5 Å². The molecule has 8 heteroatoms. The summed E-state index contributed by atoms with van der Waals surface area (Å²) in [5, 5.41) is 8.91. The molecule has 0 bridgehead atoms. The van der Waals surface area contributed by atoms with Gasteiger partial charge in [-0.05, 0) is 70.8 Å². The summed E-state index contributed by atoms with van der Waals surface area (Å²) in [5.41, 5.74) is 4.50. The van der Waals surface area contributed by atoms with Crippen LogP contribution in [0.2, 0.25) is 0 Å². The van der Waals surface area contributed by atoms with Gasteiger partial charge in [0.25, 0.3) is 0 Å². The van der Waals surface area contributed by atoms with E-state index in [1.54, 1.807) is 6.07 Å². The third kappa shape index (κ3) is 5.82. The lowest BCUT2D eigenvalue weighted by molar-refractivity contribution is -0.140. The van der Waals surface area contributed by atoms with Crippen LogP contribution in [-0.4, -0.2) is 42.8 Å². The molecule has 0 fully saturated rings. The molecule has 0 heterocycles. The quantitative estimate of drug-likeness (QED) is 0.181. The van der Waals surface area contributed by atoms with Crippen molar-refractivity contribution in [3.63, 3.8) is 0 Å². The smallest absolute Gasteiger partial charge is 0.343 e. The first-order valence-electron chi connectivity index (χ1n) is 11.8. The van der Waals surface area contributed by atoms with Crippen LogP contribution in [0.4, 0.5) is 0 Å². The fourth-order valence-corrected chi connectivity index (χ4v) is 4.05. The monoisotopic (exact) mass is 514 g/mol. The fourth-order valence-electron chi connectivity index (χ4n) is 4.05. The highest BCUT2D eigenvalue weighted by Crippen LogP contribution is 2.47. The molecule has 0 spiro atoms. The topological polar surface area (TPSA) is 108 Å². The van der Waals surface area contributed by atoms with Crippen LogP contribution in [-0.2, 0) is 14.3 Å². The molecule has 3 aromatic carbocycles. The normalized spacial score (nSPS) is 13.1. The number of benzene rings is 3. The minimum absolute atomic E-state index is 0.0105. The maximum absolute atomic E-state index is 12.7. The van der Waals surface area contributed by atoms with Gasteiger partial charge in [-0.1, -0.05) is 32.2 Å². The Bertz CT molecular complexity index is 1400. The number of fused-ring (bicyclic) bond motifs is 3. The van der Waals surface area contributed by atoms with Gasteiger partial charge in [0, 0.05) is 12.0 Å². The van der Waals surface area contributed by atoms with E-state index in [4.69, 9.17) is 24.1 Å². The van der Waals surface area contributed by atoms with Gasteiger partial charge in [-0.25, -0.2) is 14.4 Å². The van der Waals surface area contributed by atoms with E-state index in [0.717, 1.165) is 28.3 Å². The largest absolute Gasteiger partial charge is 0.490 e. The zero-order chi connectivity index (χ0) is 27.2. The van der Waals surface area contributed by atoms with Crippen LogP contribution < -0.4 is 14.2 Å². The first-order valence-corrected chi connectivity index (χ1v) is 11.8. The molecular formula is C30H26O8. The van der Waals surface area contributed by atoms with Crippen LogP contribution in [0.1, 0.15) is 34.3 Å². The molecule has 0 amide bonds. The van der Waals surface area contributed by atoms with Gasteiger partial charge in [-0.15, -0.1) is 0 Å². The molecule has 0 saturated heterocycles. The second-order valence-electron chi connectivity index (χ2n) is 8.50. The molecular weight excluding hydrogens is 488 g/mol. The molecule has 8 nitrogen and oxygen atoms in total. The maximum atomic E-state index is 12.7. The number of ether oxygens (including phenoxy) is 4. The van der Waals surface area contributed by atoms with Gasteiger partial charge < -0.3 is 24.1 Å². The van der Waals surface area contributed by atoms with Crippen molar-refractivity contribution in [2.45, 2.75) is 12.8 Å². The first-order chi connectivity index (χ1) is 18.3. The van der Waals surface area contributed by atoms with Gasteiger partial charge in [-0.3, -0.25) is 0 Å². The highest BCUT2D eigenvalue weighted by Gasteiger charge is 2.27. The summed E-state index contributed by atoms with van der Waals surface area (Å²) in [5.74, 6) is -0.393. The molecule has 0 aliphatic heterocycles. The first kappa shape index (κ1) is 26.4. The highest BCUT2D eigenvalue weighted by molar-refractivity contribution is 5.92. The fraction of sp³-hybridized carbons (Fsp3) is 0.167. The summed E-state index contributed by atoms with van der Waals surface area (Å²) in [6.45, 7) is 8.56. The molecule has 3 aromatic rings. The number of esters is 3. The average molecular weight is 515 g/mol. The van der Waals surface area contributed by atoms with Gasteiger partial charge >= 0.3 is 17.9 Å². The summed E-state index contributed by atoms with van der Waals surface area (Å²) in [6.07, 6.45) is 1.06. The Morgan fingerprint density at radius 2 is 1.47 bits per heavy atom. The Kier molecular flexibility index (Phi) is 8.03. The van der Waals surface area contributed by atoms with Crippen LogP contribution in [0.25, 0.3) is 11.1 Å². The lowest BCUT2D eigenvalue weighted by Crippen LogP contribution is -2.15. The minimum atomic E-state index is -0.656. The van der Waals surface area contributed by atoms with Crippen molar-refractivity contribution >= 4 is 17.9 Å². The lowest BCUT2D eigenvalue weighted by Gasteiger charge is -2.11. The molecule has 4 rings (SSSR count). The zero-order valence-corrected chi connectivity index (χ0v) is 20.8. The van der Waals surface area contributed by atoms with Gasteiger partial charge in [0.15, 0.2) is 0 Å². The molecule has 1 atom stereocenters. The van der Waals surface area contributed by atoms with E-state index in [1.165, 1.54) is 24.3 Å². The Morgan fingerprint density at radius 1 is 0.868 bits per heavy atom. The van der Waals surface area contributed by atoms with E-state index < -0.39 is 24.5 Å². The van der Waals surface area contributed by atoms with Crippen molar-refractivity contribution in [2.24, 2.45) is 0 Å². The molecule has 1 unspecified atom stereocenters. The van der Waals surface area contributed by atoms with E-state index in [0.29, 0.717) is 22.8 Å². The number of hydrogen-bond acceptors (Lipinski definition) is 8. The average Bonchev–Trinajstić information content (AvgIpc) is 3.21. The predicted molar refractivity (Wildman–Crippen MR) is 139 cm³/mol. The third-order valence-electron chi connectivity index (χ3n) is 6.02. The lowest BCUT2D eigenvalue weighted by atomic mass is 9.99. The number of rotatable bonds is 10. The molecule has 1 N–H and O–H groups in total. The summed E-state index contributed by atoms with van der Waals surface area (Å²) in [4.78, 5) is 35.5. The van der Waals surface area contributed by atoms with Gasteiger partial charge in [0.05, 0.1) is 17.7 Å². The van der Waals surface area contributed by atoms with Crippen molar-refractivity contribution in [1.82, 2.24) is 0 Å². The van der Waals surface area contributed by atoms with Crippen molar-refractivity contribution in [1.29, 1.82) is 0 Å². The minimum Gasteiger partial charge on any atom is -0.490 e. The molecule has 0 radical (unpaired) electrons. The highest BCUT2D eigenvalue weighted by atomic mass is 16.6. The molecule has 194 valence electrons. The zero-order valence-electron chi connectivity index (χ0n) is 20.8. The third-order valence-corrected chi connectivity index (χ3v) is 6.02. The molecule has 1 aliphatic rings. The molecule has 0 aromatic heterocycles. The Labute approximate surface area is 219 Å². The number of carbonyl (C=O) groups excluding carboxylic acids is 3. The van der Waals surface area contributed by atoms with Crippen molar-refractivity contribution in [2.75, 3.05) is 19.8 Å². The van der Waals surface area contributed by atoms with Crippen LogP contribution >= 0.6 is 0 Å². The van der Waals surface area contributed by atoms with Crippen LogP contribution in [0.3, 0.4) is 0 Å². The van der Waals surface area contributed by atoms with E-state index in [1.807, 2.05) is 30.3 Å². The van der Waals surface area contributed by atoms with Gasteiger partial charge in [0.1, 0.15) is 30.5 Å². The van der Waals surface area contributed by atoms with E-state index in [-0.39, 0.29) is 24.7 Å². The van der Waals surface area contributed by atoms with Gasteiger partial charge in [-0.2, -0.15) is 0 Å². The van der Waals surface area contributed by atoms with Crippen LogP contribution in [0.5, 0.6) is 17.2 Å². The van der Waals surface area contributed by atoms with Crippen LogP contribution in [0, 0.1) is 0 Å². The summed E-state index contributed by atoms with van der Waals surface area (Å²) < 4.78 is 21.3. The van der Waals surface area contributed by atoms with E-state index in [2.05, 4.69) is 20.1 Å². The molecule has 38 heavy (non-hydrogen) atoms.